The molecule has 0 spiro atoms. The molecule has 0 fully saturated rings. The normalized spacial score (nSPS) is 19.6. The number of hydrogen-bond donors (Lipinski definition) is 2. The number of aliphatic imine (C=N–C) groups is 1. The third-order valence-electron chi connectivity index (χ3n) is 3.68. The van der Waals surface area contributed by atoms with Gasteiger partial charge in [-0.15, -0.1) is 4.59 Å². The predicted molar refractivity (Wildman–Crippen MR) is 88.6 cm³/mol. The average molecular weight is 298 g/mol. The molecule has 0 saturated carbocycles. The number of carbonyl (C=O) groups excluding carboxylic acids is 1. The summed E-state index contributed by atoms with van der Waals surface area (Å²) in [7, 11) is 0. The van der Waals surface area contributed by atoms with Gasteiger partial charge < -0.3 is 5.73 Å². The van der Waals surface area contributed by atoms with Crippen molar-refractivity contribution in [3.63, 3.8) is 0 Å². The molecule has 3 N–H and O–H groups in total. The van der Waals surface area contributed by atoms with Crippen molar-refractivity contribution in [1.29, 1.82) is 0 Å². The molecule has 0 saturated heterocycles. The van der Waals surface area contributed by atoms with Gasteiger partial charge >= 0.3 is 0 Å². The number of quaternary nitrogens is 1. The van der Waals surface area contributed by atoms with Crippen LogP contribution < -0.4 is 15.8 Å². The molecule has 1 aromatic carbocycles. The highest BCUT2D eigenvalue weighted by Gasteiger charge is 2.41. The molecule has 2 heterocycles. The number of rotatable bonds is 4. The van der Waals surface area contributed by atoms with Gasteiger partial charge in [-0.2, -0.15) is 10.4 Å². The van der Waals surface area contributed by atoms with E-state index in [9.17, 15) is 4.79 Å². The summed E-state index contributed by atoms with van der Waals surface area (Å²) < 4.78 is 0.187. The van der Waals surface area contributed by atoms with E-state index in [1.54, 1.807) is 12.5 Å². The molecule has 2 aromatic rings. The molecule has 1 aliphatic rings. The van der Waals surface area contributed by atoms with E-state index >= 15 is 0 Å². The molecular weight excluding hydrogens is 278 g/mol. The number of aromatic nitrogens is 1. The van der Waals surface area contributed by atoms with E-state index in [0.717, 1.165) is 22.3 Å². The van der Waals surface area contributed by atoms with Crippen LogP contribution in [-0.2, 0) is 4.79 Å². The third kappa shape index (κ3) is 2.36. The molecule has 0 bridgehead atoms. The lowest BCUT2D eigenvalue weighted by molar-refractivity contribution is -0.122. The highest BCUT2D eigenvalue weighted by Crippen LogP contribution is 2.42. The lowest BCUT2D eigenvalue weighted by Gasteiger charge is -2.32. The van der Waals surface area contributed by atoms with Crippen LogP contribution in [0.5, 0.6) is 0 Å². The smallest absolute Gasteiger partial charge is 0.279 e. The Morgan fingerprint density at radius 3 is 2.86 bits per heavy atom. The Bertz CT molecular complexity index is 755. The Kier molecular flexibility index (Phi) is 3.64. The summed E-state index contributed by atoms with van der Waals surface area (Å²) in [6.45, 7) is 4.88. The zero-order chi connectivity index (χ0) is 15.7. The SMILES string of the molecule is CC(C)C[N+]1(NC(=O)CN)C=Nc2cnc3ccccc3c21. The van der Waals surface area contributed by atoms with Gasteiger partial charge in [0.15, 0.2) is 5.69 Å². The van der Waals surface area contributed by atoms with Crippen LogP contribution in [0.15, 0.2) is 35.5 Å². The molecule has 1 atom stereocenters. The molecule has 22 heavy (non-hydrogen) atoms. The summed E-state index contributed by atoms with van der Waals surface area (Å²) in [6, 6.07) is 7.89. The molecule has 6 heteroatoms. The van der Waals surface area contributed by atoms with Crippen molar-refractivity contribution in [2.75, 3.05) is 13.1 Å². The van der Waals surface area contributed by atoms with Gasteiger partial charge in [0.25, 0.3) is 5.91 Å². The highest BCUT2D eigenvalue weighted by molar-refractivity contribution is 6.04. The highest BCUT2D eigenvalue weighted by atomic mass is 16.2. The third-order valence-corrected chi connectivity index (χ3v) is 3.68. The van der Waals surface area contributed by atoms with Crippen LogP contribution in [0.3, 0.4) is 0 Å². The fraction of sp³-hybridized carbons (Fsp3) is 0.312. The van der Waals surface area contributed by atoms with Crippen molar-refractivity contribution < 1.29 is 4.79 Å². The van der Waals surface area contributed by atoms with E-state index < -0.39 is 0 Å². The minimum absolute atomic E-state index is 0.0513. The second-order valence-electron chi connectivity index (χ2n) is 5.94. The molecular formula is C16H20N5O+. The molecule has 0 aliphatic carbocycles. The first kappa shape index (κ1) is 14.6. The largest absolute Gasteiger partial charge is 0.322 e. The van der Waals surface area contributed by atoms with Crippen LogP contribution in [0, 0.1) is 5.92 Å². The lowest BCUT2D eigenvalue weighted by Crippen LogP contribution is -2.62. The van der Waals surface area contributed by atoms with Gasteiger partial charge in [0.1, 0.15) is 6.54 Å². The number of pyridine rings is 1. The first-order chi connectivity index (χ1) is 10.6. The number of carbonyl (C=O) groups is 1. The Hall–Kier alpha value is -2.31. The summed E-state index contributed by atoms with van der Waals surface area (Å²) >= 11 is 0. The molecule has 1 aliphatic heterocycles. The molecule has 114 valence electrons. The van der Waals surface area contributed by atoms with Gasteiger partial charge in [0, 0.05) is 5.92 Å². The van der Waals surface area contributed by atoms with Crippen molar-refractivity contribution >= 4 is 34.5 Å². The summed E-state index contributed by atoms with van der Waals surface area (Å²) in [5.74, 6) is 0.156. The fourth-order valence-electron chi connectivity index (χ4n) is 2.96. The van der Waals surface area contributed by atoms with Crippen molar-refractivity contribution in [2.24, 2.45) is 16.6 Å². The van der Waals surface area contributed by atoms with Crippen LogP contribution >= 0.6 is 0 Å². The summed E-state index contributed by atoms with van der Waals surface area (Å²) in [6.07, 6.45) is 3.52. The molecule has 0 radical (unpaired) electrons. The zero-order valence-electron chi connectivity index (χ0n) is 12.8. The first-order valence-electron chi connectivity index (χ1n) is 7.38. The topological polar surface area (TPSA) is 80.4 Å². The van der Waals surface area contributed by atoms with E-state index in [4.69, 9.17) is 5.73 Å². The average Bonchev–Trinajstić information content (AvgIpc) is 2.85. The second kappa shape index (κ2) is 5.47. The summed E-state index contributed by atoms with van der Waals surface area (Å²) in [5.41, 5.74) is 11.1. The Balaban J connectivity index is 2.21. The van der Waals surface area contributed by atoms with Crippen LogP contribution in [0.1, 0.15) is 13.8 Å². The Labute approximate surface area is 129 Å². The number of nitrogens with zero attached hydrogens (tertiary/aromatic N) is 3. The maximum Gasteiger partial charge on any atom is 0.279 e. The molecule has 1 aromatic heterocycles. The maximum absolute atomic E-state index is 12.0. The van der Waals surface area contributed by atoms with Crippen molar-refractivity contribution in [1.82, 2.24) is 15.0 Å². The number of amides is 1. The second-order valence-corrected chi connectivity index (χ2v) is 5.94. The van der Waals surface area contributed by atoms with Crippen molar-refractivity contribution in [3.8, 4) is 0 Å². The van der Waals surface area contributed by atoms with E-state index in [1.807, 2.05) is 24.3 Å². The van der Waals surface area contributed by atoms with Crippen LogP contribution in [0.25, 0.3) is 10.9 Å². The number of fused-ring (bicyclic) bond motifs is 3. The van der Waals surface area contributed by atoms with Gasteiger partial charge in [-0.05, 0) is 12.1 Å². The van der Waals surface area contributed by atoms with E-state index in [-0.39, 0.29) is 17.0 Å². The van der Waals surface area contributed by atoms with Gasteiger partial charge in [0.05, 0.1) is 23.6 Å². The minimum atomic E-state index is -0.208. The van der Waals surface area contributed by atoms with Crippen LogP contribution in [0.4, 0.5) is 11.4 Å². The summed E-state index contributed by atoms with van der Waals surface area (Å²) in [4.78, 5) is 20.9. The standard InChI is InChI=1S/C16H19N5O/c1-11(2)9-21(20-15(22)7-17)10-19-14-8-18-13-6-4-3-5-12(13)16(14)21/h3-6,8,10-11H,7,9,17H2,1-2H3/p+1. The van der Waals surface area contributed by atoms with Crippen molar-refractivity contribution in [2.45, 2.75) is 13.8 Å². The number of para-hydroxylation sites is 1. The number of nitrogens with one attached hydrogen (secondary N) is 1. The van der Waals surface area contributed by atoms with Gasteiger partial charge in [0.2, 0.25) is 12.0 Å². The maximum atomic E-state index is 12.0. The van der Waals surface area contributed by atoms with E-state index in [2.05, 4.69) is 29.2 Å². The Morgan fingerprint density at radius 2 is 2.14 bits per heavy atom. The molecule has 1 unspecified atom stereocenters. The minimum Gasteiger partial charge on any atom is -0.322 e. The van der Waals surface area contributed by atoms with Crippen LogP contribution in [0.2, 0.25) is 0 Å². The zero-order valence-corrected chi connectivity index (χ0v) is 12.8. The lowest BCUT2D eigenvalue weighted by atomic mass is 10.1. The number of hydrogen-bond acceptors (Lipinski definition) is 4. The number of nitrogens with two attached hydrogens (primary N) is 1. The van der Waals surface area contributed by atoms with Gasteiger partial charge in [-0.3, -0.25) is 9.78 Å². The molecule has 6 nitrogen and oxygen atoms in total. The predicted octanol–water partition coefficient (Wildman–Crippen LogP) is 1.86. The van der Waals surface area contributed by atoms with E-state index in [0.29, 0.717) is 12.5 Å². The molecule has 3 rings (SSSR count). The molecule has 1 amide bonds. The monoisotopic (exact) mass is 298 g/mol. The summed E-state index contributed by atoms with van der Waals surface area (Å²) in [5, 5.41) is 0.996. The van der Waals surface area contributed by atoms with Gasteiger partial charge in [-0.1, -0.05) is 26.0 Å². The van der Waals surface area contributed by atoms with Crippen LogP contribution in [-0.4, -0.2) is 30.3 Å². The van der Waals surface area contributed by atoms with Gasteiger partial charge in [-0.25, -0.2) is 0 Å². The quantitative estimate of drug-likeness (QED) is 0.845. The Morgan fingerprint density at radius 1 is 1.36 bits per heavy atom. The fourth-order valence-corrected chi connectivity index (χ4v) is 2.96. The first-order valence-corrected chi connectivity index (χ1v) is 7.38. The van der Waals surface area contributed by atoms with E-state index in [1.165, 1.54) is 0 Å². The van der Waals surface area contributed by atoms with Crippen molar-refractivity contribution in [3.05, 3.63) is 30.5 Å². The number of benzene rings is 1.